The number of benzene rings is 2. The monoisotopic (exact) mass is 400 g/mol. The molecule has 0 unspecified atom stereocenters. The van der Waals surface area contributed by atoms with Crippen molar-refractivity contribution in [1.29, 1.82) is 0 Å². The predicted octanol–water partition coefficient (Wildman–Crippen LogP) is 4.35. The third kappa shape index (κ3) is 4.13. The summed E-state index contributed by atoms with van der Waals surface area (Å²) in [7, 11) is 0. The maximum Gasteiger partial charge on any atom is 0.232 e. The van der Waals surface area contributed by atoms with Crippen LogP contribution in [-0.2, 0) is 0 Å². The maximum atomic E-state index is 10.5. The first-order valence-electron chi connectivity index (χ1n) is 9.04. The van der Waals surface area contributed by atoms with Crippen molar-refractivity contribution in [2.45, 2.75) is 24.1 Å². The van der Waals surface area contributed by atoms with E-state index in [1.54, 1.807) is 0 Å². The average molecular weight is 401 g/mol. The Hall–Kier alpha value is -2.02. The molecule has 0 spiro atoms. The van der Waals surface area contributed by atoms with Crippen molar-refractivity contribution in [3.63, 3.8) is 0 Å². The van der Waals surface area contributed by atoms with Gasteiger partial charge in [0.2, 0.25) is 5.95 Å². The van der Waals surface area contributed by atoms with E-state index in [-0.39, 0.29) is 0 Å². The lowest BCUT2D eigenvalue weighted by Crippen LogP contribution is -2.22. The minimum absolute atomic E-state index is 0.503. The Morgan fingerprint density at radius 3 is 2.56 bits per heavy atom. The molecule has 140 valence electrons. The van der Waals surface area contributed by atoms with Gasteiger partial charge in [-0.2, -0.15) is 0 Å². The fourth-order valence-electron chi connectivity index (χ4n) is 3.24. The highest BCUT2D eigenvalue weighted by Crippen LogP contribution is 2.31. The van der Waals surface area contributed by atoms with Crippen molar-refractivity contribution >= 4 is 29.3 Å². The summed E-state index contributed by atoms with van der Waals surface area (Å²) < 4.78 is 2.04. The van der Waals surface area contributed by atoms with Crippen LogP contribution in [0.3, 0.4) is 0 Å². The molecule has 5 nitrogen and oxygen atoms in total. The van der Waals surface area contributed by atoms with E-state index < -0.39 is 6.10 Å². The number of hydrogen-bond acceptors (Lipinski definition) is 5. The van der Waals surface area contributed by atoms with Gasteiger partial charge >= 0.3 is 0 Å². The van der Waals surface area contributed by atoms with Gasteiger partial charge in [0, 0.05) is 23.9 Å². The predicted molar refractivity (Wildman–Crippen MR) is 110 cm³/mol. The summed E-state index contributed by atoms with van der Waals surface area (Å²) >= 11 is 7.72. The van der Waals surface area contributed by atoms with Crippen molar-refractivity contribution < 1.29 is 5.11 Å². The standard InChI is InChI=1S/C20H21ClN4OS/c21-16-9-6-10-17(13-16)25-19(24-11-4-5-12-24)22-23-20(25)27-14-18(26)15-7-2-1-3-8-15/h1-3,6-10,13,18,26H,4-5,11-12,14H2/t18-/m1/s1. The molecule has 3 aromatic rings. The number of anilines is 1. The summed E-state index contributed by atoms with van der Waals surface area (Å²) in [4.78, 5) is 2.26. The molecule has 0 aliphatic carbocycles. The minimum Gasteiger partial charge on any atom is -0.388 e. The summed E-state index contributed by atoms with van der Waals surface area (Å²) in [6.45, 7) is 1.96. The van der Waals surface area contributed by atoms with Gasteiger partial charge in [0.05, 0.1) is 11.8 Å². The second kappa shape index (κ2) is 8.33. The smallest absolute Gasteiger partial charge is 0.232 e. The van der Waals surface area contributed by atoms with Gasteiger partial charge < -0.3 is 10.0 Å². The largest absolute Gasteiger partial charge is 0.388 e. The van der Waals surface area contributed by atoms with E-state index in [9.17, 15) is 5.11 Å². The van der Waals surface area contributed by atoms with Crippen LogP contribution in [0.4, 0.5) is 5.95 Å². The first-order valence-corrected chi connectivity index (χ1v) is 10.4. The highest BCUT2D eigenvalue weighted by molar-refractivity contribution is 7.99. The third-order valence-electron chi connectivity index (χ3n) is 4.63. The average Bonchev–Trinajstić information content (AvgIpc) is 3.36. The molecule has 1 saturated heterocycles. The van der Waals surface area contributed by atoms with E-state index in [1.807, 2.05) is 59.2 Å². The van der Waals surface area contributed by atoms with Crippen LogP contribution in [0.1, 0.15) is 24.5 Å². The molecular weight excluding hydrogens is 380 g/mol. The van der Waals surface area contributed by atoms with Crippen molar-refractivity contribution in [2.75, 3.05) is 23.7 Å². The van der Waals surface area contributed by atoms with Crippen LogP contribution < -0.4 is 4.90 Å². The van der Waals surface area contributed by atoms with Gasteiger partial charge in [-0.25, -0.2) is 0 Å². The highest BCUT2D eigenvalue weighted by Gasteiger charge is 2.23. The lowest BCUT2D eigenvalue weighted by atomic mass is 10.1. The van der Waals surface area contributed by atoms with Crippen LogP contribution in [-0.4, -0.2) is 38.7 Å². The Bertz CT molecular complexity index is 896. The Kier molecular flexibility index (Phi) is 5.66. The van der Waals surface area contributed by atoms with Gasteiger partial charge in [-0.15, -0.1) is 10.2 Å². The fourth-order valence-corrected chi connectivity index (χ4v) is 4.34. The van der Waals surface area contributed by atoms with Crippen LogP contribution in [0.15, 0.2) is 59.8 Å². The van der Waals surface area contributed by atoms with E-state index in [0.29, 0.717) is 10.8 Å². The number of rotatable bonds is 6. The molecule has 1 fully saturated rings. The van der Waals surface area contributed by atoms with E-state index >= 15 is 0 Å². The van der Waals surface area contributed by atoms with E-state index in [4.69, 9.17) is 11.6 Å². The highest BCUT2D eigenvalue weighted by atomic mass is 35.5. The molecule has 0 bridgehead atoms. The minimum atomic E-state index is -0.559. The quantitative estimate of drug-likeness (QED) is 0.623. The number of thioether (sulfide) groups is 1. The normalized spacial score (nSPS) is 15.3. The molecule has 27 heavy (non-hydrogen) atoms. The molecule has 4 rings (SSSR count). The number of halogens is 1. The van der Waals surface area contributed by atoms with Gasteiger partial charge in [-0.05, 0) is 36.6 Å². The molecule has 2 aromatic carbocycles. The first kappa shape index (κ1) is 18.3. The summed E-state index contributed by atoms with van der Waals surface area (Å²) in [5, 5.41) is 20.8. The van der Waals surface area contributed by atoms with E-state index in [2.05, 4.69) is 15.1 Å². The lowest BCUT2D eigenvalue weighted by molar-refractivity contribution is 0.204. The summed E-state index contributed by atoms with van der Waals surface area (Å²) in [6, 6.07) is 17.4. The first-order chi connectivity index (χ1) is 13.2. The molecular formula is C20H21ClN4OS. The van der Waals surface area contributed by atoms with Crippen molar-refractivity contribution in [1.82, 2.24) is 14.8 Å². The second-order valence-corrected chi connectivity index (χ2v) is 7.95. The molecule has 0 radical (unpaired) electrons. The Morgan fingerprint density at radius 2 is 1.81 bits per heavy atom. The molecule has 1 atom stereocenters. The molecule has 0 saturated carbocycles. The Morgan fingerprint density at radius 1 is 1.04 bits per heavy atom. The van der Waals surface area contributed by atoms with Gasteiger partial charge in [-0.1, -0.05) is 59.8 Å². The van der Waals surface area contributed by atoms with Crippen LogP contribution in [0.2, 0.25) is 5.02 Å². The molecule has 2 heterocycles. The van der Waals surface area contributed by atoms with Crippen LogP contribution in [0.5, 0.6) is 0 Å². The molecule has 0 amide bonds. The zero-order chi connectivity index (χ0) is 18.6. The van der Waals surface area contributed by atoms with Crippen LogP contribution >= 0.6 is 23.4 Å². The second-order valence-electron chi connectivity index (χ2n) is 6.53. The number of nitrogens with zero attached hydrogens (tertiary/aromatic N) is 4. The third-order valence-corrected chi connectivity index (χ3v) is 5.87. The fraction of sp³-hybridized carbons (Fsp3) is 0.300. The SMILES string of the molecule is O[C@H](CSc1nnc(N2CCCC2)n1-c1cccc(Cl)c1)c1ccccc1. The Labute approximate surface area is 168 Å². The van der Waals surface area contributed by atoms with Gasteiger partial charge in [0.25, 0.3) is 0 Å². The molecule has 1 aliphatic heterocycles. The van der Waals surface area contributed by atoms with Crippen LogP contribution in [0.25, 0.3) is 5.69 Å². The summed E-state index contributed by atoms with van der Waals surface area (Å²) in [5.41, 5.74) is 1.84. The summed E-state index contributed by atoms with van der Waals surface area (Å²) in [6.07, 6.45) is 1.77. The van der Waals surface area contributed by atoms with Crippen LogP contribution in [0, 0.1) is 0 Å². The lowest BCUT2D eigenvalue weighted by Gasteiger charge is -2.19. The summed E-state index contributed by atoms with van der Waals surface area (Å²) in [5.74, 6) is 1.34. The zero-order valence-electron chi connectivity index (χ0n) is 14.8. The zero-order valence-corrected chi connectivity index (χ0v) is 16.4. The molecule has 7 heteroatoms. The number of hydrogen-bond donors (Lipinski definition) is 1. The van der Waals surface area contributed by atoms with E-state index in [0.717, 1.165) is 48.3 Å². The number of aliphatic hydroxyl groups is 1. The van der Waals surface area contributed by atoms with Gasteiger partial charge in [0.15, 0.2) is 5.16 Å². The van der Waals surface area contributed by atoms with E-state index in [1.165, 1.54) is 11.8 Å². The van der Waals surface area contributed by atoms with Crippen molar-refractivity contribution in [3.8, 4) is 5.69 Å². The Balaban J connectivity index is 1.62. The number of aromatic nitrogens is 3. The topological polar surface area (TPSA) is 54.2 Å². The van der Waals surface area contributed by atoms with Crippen molar-refractivity contribution in [2.24, 2.45) is 0 Å². The molecule has 1 aliphatic rings. The number of aliphatic hydroxyl groups excluding tert-OH is 1. The van der Waals surface area contributed by atoms with Crippen molar-refractivity contribution in [3.05, 3.63) is 65.2 Å². The van der Waals surface area contributed by atoms with Gasteiger partial charge in [0.1, 0.15) is 0 Å². The molecule has 1 N–H and O–H groups in total. The molecule has 1 aromatic heterocycles. The van der Waals surface area contributed by atoms with Gasteiger partial charge in [-0.3, -0.25) is 4.57 Å². The maximum absolute atomic E-state index is 10.5.